The molecule has 7 heteroatoms. The predicted molar refractivity (Wildman–Crippen MR) is 132 cm³/mol. The topological polar surface area (TPSA) is 50.1 Å². The van der Waals surface area contributed by atoms with Crippen LogP contribution in [0.5, 0.6) is 5.75 Å². The Morgan fingerprint density at radius 3 is 2.19 bits per heavy atom. The summed E-state index contributed by atoms with van der Waals surface area (Å²) in [5.41, 5.74) is -1.19. The van der Waals surface area contributed by atoms with E-state index in [4.69, 9.17) is 10.00 Å². The second-order valence-electron chi connectivity index (χ2n) is 10.7. The summed E-state index contributed by atoms with van der Waals surface area (Å²) in [5, 5.41) is 8.75. The zero-order valence-electron chi connectivity index (χ0n) is 21.2. The molecular formula is C30H33F4NO2. The standard InChI is InChI=1S/C30H33F4NO2/c1-2-3-4-5-6-18-7-8-20-12-21(10-9-19(20)11-18)29-27(33)13-22(14-28(29)34)30(36)37-23-15-25(31)24(17-35)26(32)16-23/h13-16,18-21H,2-12H2,1H3/t18-,19-,20+,21?/m0/s1. The number of fused-ring (bicyclic) bond motifs is 1. The van der Waals surface area contributed by atoms with E-state index in [-0.39, 0.29) is 17.0 Å². The maximum atomic E-state index is 15.1. The van der Waals surface area contributed by atoms with Crippen LogP contribution in [0.2, 0.25) is 0 Å². The fourth-order valence-corrected chi connectivity index (χ4v) is 6.34. The first-order chi connectivity index (χ1) is 17.8. The molecule has 0 heterocycles. The van der Waals surface area contributed by atoms with Crippen molar-refractivity contribution < 1.29 is 27.1 Å². The molecular weight excluding hydrogens is 482 g/mol. The summed E-state index contributed by atoms with van der Waals surface area (Å²) in [7, 11) is 0. The van der Waals surface area contributed by atoms with Gasteiger partial charge in [0.25, 0.3) is 0 Å². The first kappa shape index (κ1) is 27.2. The van der Waals surface area contributed by atoms with E-state index in [0.717, 1.165) is 37.3 Å². The van der Waals surface area contributed by atoms with Crippen LogP contribution in [0.4, 0.5) is 17.6 Å². The Hall–Kier alpha value is -2.88. The molecule has 198 valence electrons. The number of hydrogen-bond donors (Lipinski definition) is 0. The number of nitriles is 1. The summed E-state index contributed by atoms with van der Waals surface area (Å²) in [6, 6.07) is 4.58. The van der Waals surface area contributed by atoms with E-state index < -0.39 is 40.6 Å². The van der Waals surface area contributed by atoms with Crippen molar-refractivity contribution in [3.05, 3.63) is 64.2 Å². The number of hydrogen-bond acceptors (Lipinski definition) is 3. The van der Waals surface area contributed by atoms with Crippen LogP contribution in [0.25, 0.3) is 0 Å². The second-order valence-corrected chi connectivity index (χ2v) is 10.7. The lowest BCUT2D eigenvalue weighted by Crippen LogP contribution is -2.31. The Labute approximate surface area is 215 Å². The van der Waals surface area contributed by atoms with Crippen LogP contribution in [0, 0.1) is 52.4 Å². The summed E-state index contributed by atoms with van der Waals surface area (Å²) in [5.74, 6) is -4.03. The highest BCUT2D eigenvalue weighted by molar-refractivity contribution is 5.91. The Balaban J connectivity index is 1.40. The lowest BCUT2D eigenvalue weighted by atomic mass is 9.63. The molecule has 0 spiro atoms. The van der Waals surface area contributed by atoms with Crippen molar-refractivity contribution in [1.82, 2.24) is 0 Å². The summed E-state index contributed by atoms with van der Waals surface area (Å²) in [4.78, 5) is 12.4. The first-order valence-corrected chi connectivity index (χ1v) is 13.4. The number of nitrogens with zero attached hydrogens (tertiary/aromatic N) is 1. The molecule has 2 aliphatic carbocycles. The van der Waals surface area contributed by atoms with Crippen molar-refractivity contribution in [3.63, 3.8) is 0 Å². The van der Waals surface area contributed by atoms with Gasteiger partial charge in [-0.25, -0.2) is 22.4 Å². The van der Waals surface area contributed by atoms with E-state index in [9.17, 15) is 13.6 Å². The van der Waals surface area contributed by atoms with Crippen LogP contribution in [0.3, 0.4) is 0 Å². The fourth-order valence-electron chi connectivity index (χ4n) is 6.34. The number of rotatable bonds is 8. The molecule has 2 aromatic rings. The van der Waals surface area contributed by atoms with E-state index in [1.165, 1.54) is 51.0 Å². The van der Waals surface area contributed by atoms with Gasteiger partial charge in [0.15, 0.2) is 0 Å². The predicted octanol–water partition coefficient (Wildman–Crippen LogP) is 8.60. The van der Waals surface area contributed by atoms with Crippen LogP contribution < -0.4 is 4.74 Å². The van der Waals surface area contributed by atoms with Gasteiger partial charge >= 0.3 is 5.97 Å². The number of esters is 1. The van der Waals surface area contributed by atoms with Crippen molar-refractivity contribution in [2.45, 2.75) is 83.5 Å². The van der Waals surface area contributed by atoms with Gasteiger partial charge in [-0.05, 0) is 67.9 Å². The summed E-state index contributed by atoms with van der Waals surface area (Å²) in [6.07, 6.45) is 12.3. The van der Waals surface area contributed by atoms with Gasteiger partial charge in [-0.3, -0.25) is 0 Å². The van der Waals surface area contributed by atoms with E-state index in [1.807, 2.05) is 0 Å². The number of carbonyl (C=O) groups is 1. The van der Waals surface area contributed by atoms with Crippen molar-refractivity contribution >= 4 is 5.97 Å². The number of benzene rings is 2. The second kappa shape index (κ2) is 12.1. The van der Waals surface area contributed by atoms with Crippen LogP contribution in [0.15, 0.2) is 24.3 Å². The third-order valence-electron chi connectivity index (χ3n) is 8.25. The highest BCUT2D eigenvalue weighted by Gasteiger charge is 2.37. The molecule has 0 radical (unpaired) electrons. The molecule has 3 nitrogen and oxygen atoms in total. The van der Waals surface area contributed by atoms with Crippen molar-refractivity contribution in [2.75, 3.05) is 0 Å². The van der Waals surface area contributed by atoms with Crippen LogP contribution in [-0.4, -0.2) is 5.97 Å². The molecule has 2 saturated carbocycles. The normalized spacial score (nSPS) is 23.2. The van der Waals surface area contributed by atoms with Crippen molar-refractivity contribution in [3.8, 4) is 11.8 Å². The van der Waals surface area contributed by atoms with Crippen LogP contribution in [-0.2, 0) is 0 Å². The van der Waals surface area contributed by atoms with Gasteiger partial charge in [0.1, 0.15) is 40.7 Å². The highest BCUT2D eigenvalue weighted by Crippen LogP contribution is 2.49. The van der Waals surface area contributed by atoms with Crippen molar-refractivity contribution in [2.24, 2.45) is 17.8 Å². The minimum Gasteiger partial charge on any atom is -0.423 e. The van der Waals surface area contributed by atoms with Crippen LogP contribution in [0.1, 0.15) is 105 Å². The highest BCUT2D eigenvalue weighted by atomic mass is 19.1. The lowest BCUT2D eigenvalue weighted by Gasteiger charge is -2.42. The minimum atomic E-state index is -1.20. The minimum absolute atomic E-state index is 0.00662. The van der Waals surface area contributed by atoms with Gasteiger partial charge < -0.3 is 4.74 Å². The summed E-state index contributed by atoms with van der Waals surface area (Å²) >= 11 is 0. The molecule has 2 aromatic carbocycles. The van der Waals surface area contributed by atoms with E-state index in [0.29, 0.717) is 30.4 Å². The summed E-state index contributed by atoms with van der Waals surface area (Å²) in [6.45, 7) is 2.22. The first-order valence-electron chi connectivity index (χ1n) is 13.4. The third kappa shape index (κ3) is 6.34. The van der Waals surface area contributed by atoms with E-state index in [2.05, 4.69) is 6.92 Å². The molecule has 0 aliphatic heterocycles. The molecule has 2 aliphatic rings. The van der Waals surface area contributed by atoms with Gasteiger partial charge in [-0.15, -0.1) is 0 Å². The lowest BCUT2D eigenvalue weighted by molar-refractivity contribution is 0.0732. The molecule has 4 atom stereocenters. The molecule has 0 saturated heterocycles. The van der Waals surface area contributed by atoms with Gasteiger partial charge in [0.05, 0.1) is 5.56 Å². The molecule has 4 rings (SSSR count). The smallest absolute Gasteiger partial charge is 0.343 e. The quantitative estimate of drug-likeness (QED) is 0.153. The van der Waals surface area contributed by atoms with Crippen molar-refractivity contribution in [1.29, 1.82) is 5.26 Å². The number of carbonyl (C=O) groups excluding carboxylic acids is 1. The zero-order valence-corrected chi connectivity index (χ0v) is 21.2. The van der Waals surface area contributed by atoms with Gasteiger partial charge in [0, 0.05) is 17.7 Å². The number of unbranched alkanes of at least 4 members (excludes halogenated alkanes) is 3. The number of ether oxygens (including phenoxy) is 1. The van der Waals surface area contributed by atoms with E-state index in [1.54, 1.807) is 0 Å². The third-order valence-corrected chi connectivity index (χ3v) is 8.25. The fraction of sp³-hybridized carbons (Fsp3) is 0.533. The van der Waals surface area contributed by atoms with Crippen LogP contribution >= 0.6 is 0 Å². The average molecular weight is 516 g/mol. The molecule has 0 aromatic heterocycles. The Morgan fingerprint density at radius 1 is 0.892 bits per heavy atom. The molecule has 1 unspecified atom stereocenters. The van der Waals surface area contributed by atoms with E-state index >= 15 is 8.78 Å². The number of halogens is 4. The Morgan fingerprint density at radius 2 is 1.54 bits per heavy atom. The SMILES string of the molecule is CCCCCC[C@H]1CC[C@@H]2CC(c3c(F)cc(C(=O)Oc4cc(F)c(C#N)c(F)c4)cc3F)CC[C@H]2C1. The molecule has 37 heavy (non-hydrogen) atoms. The average Bonchev–Trinajstić information content (AvgIpc) is 2.86. The maximum absolute atomic E-state index is 15.1. The largest absolute Gasteiger partial charge is 0.423 e. The Kier molecular flexibility index (Phi) is 8.89. The van der Waals surface area contributed by atoms with Gasteiger partial charge in [-0.2, -0.15) is 5.26 Å². The molecule has 0 N–H and O–H groups in total. The zero-order chi connectivity index (χ0) is 26.5. The monoisotopic (exact) mass is 515 g/mol. The summed E-state index contributed by atoms with van der Waals surface area (Å²) < 4.78 is 62.7. The molecule has 2 fully saturated rings. The molecule has 0 amide bonds. The van der Waals surface area contributed by atoms with Gasteiger partial charge in [0.2, 0.25) is 0 Å². The molecule has 0 bridgehead atoms. The van der Waals surface area contributed by atoms with Gasteiger partial charge in [-0.1, -0.05) is 45.4 Å². The maximum Gasteiger partial charge on any atom is 0.343 e. The Bertz CT molecular complexity index is 1130.